The Kier molecular flexibility index (Phi) is 5.78. The van der Waals surface area contributed by atoms with Crippen LogP contribution in [0.3, 0.4) is 0 Å². The van der Waals surface area contributed by atoms with E-state index in [1.54, 1.807) is 6.92 Å². The predicted octanol–water partition coefficient (Wildman–Crippen LogP) is 3.49. The fourth-order valence-corrected chi connectivity index (χ4v) is 2.69. The average Bonchev–Trinajstić information content (AvgIpc) is 2.55. The standard InChI is InChI=1S/C16H21NO6/c1-3-22-15-10-13(17(19)20)12(9-14(15)21-2)16(18)23-11-7-5-4-6-8-11/h9-11H,3-8H2,1-2H3. The number of methoxy groups -OCH3 is 1. The molecule has 1 saturated carbocycles. The molecule has 0 aromatic heterocycles. The van der Waals surface area contributed by atoms with E-state index in [2.05, 4.69) is 0 Å². The third-order valence-electron chi connectivity index (χ3n) is 3.82. The van der Waals surface area contributed by atoms with Crippen molar-refractivity contribution in [2.75, 3.05) is 13.7 Å². The highest BCUT2D eigenvalue weighted by molar-refractivity contribution is 5.95. The smallest absolute Gasteiger partial charge is 0.345 e. The van der Waals surface area contributed by atoms with E-state index >= 15 is 0 Å². The van der Waals surface area contributed by atoms with Gasteiger partial charge in [0.25, 0.3) is 5.69 Å². The zero-order valence-electron chi connectivity index (χ0n) is 13.4. The summed E-state index contributed by atoms with van der Waals surface area (Å²) in [5, 5.41) is 11.3. The van der Waals surface area contributed by atoms with Gasteiger partial charge in [0.1, 0.15) is 11.7 Å². The van der Waals surface area contributed by atoms with Gasteiger partial charge in [0.2, 0.25) is 0 Å². The molecule has 1 aromatic carbocycles. The van der Waals surface area contributed by atoms with E-state index in [4.69, 9.17) is 14.2 Å². The first kappa shape index (κ1) is 17.1. The first-order valence-corrected chi connectivity index (χ1v) is 7.77. The van der Waals surface area contributed by atoms with Gasteiger partial charge >= 0.3 is 5.97 Å². The summed E-state index contributed by atoms with van der Waals surface area (Å²) in [6.45, 7) is 2.09. The van der Waals surface area contributed by atoms with E-state index in [1.165, 1.54) is 19.2 Å². The molecule has 0 heterocycles. The van der Waals surface area contributed by atoms with Crippen molar-refractivity contribution in [3.8, 4) is 11.5 Å². The van der Waals surface area contributed by atoms with Crippen LogP contribution in [-0.2, 0) is 4.74 Å². The van der Waals surface area contributed by atoms with Gasteiger partial charge in [-0.3, -0.25) is 10.1 Å². The first-order valence-electron chi connectivity index (χ1n) is 7.77. The van der Waals surface area contributed by atoms with Crippen LogP contribution in [0.1, 0.15) is 49.4 Å². The van der Waals surface area contributed by atoms with Crippen LogP contribution in [-0.4, -0.2) is 30.7 Å². The van der Waals surface area contributed by atoms with Crippen LogP contribution < -0.4 is 9.47 Å². The third-order valence-corrected chi connectivity index (χ3v) is 3.82. The molecule has 23 heavy (non-hydrogen) atoms. The van der Waals surface area contributed by atoms with Gasteiger partial charge < -0.3 is 14.2 Å². The van der Waals surface area contributed by atoms with Crippen molar-refractivity contribution in [1.29, 1.82) is 0 Å². The molecule has 0 spiro atoms. The molecule has 7 nitrogen and oxygen atoms in total. The summed E-state index contributed by atoms with van der Waals surface area (Å²) >= 11 is 0. The van der Waals surface area contributed by atoms with Crippen molar-refractivity contribution in [2.45, 2.75) is 45.1 Å². The van der Waals surface area contributed by atoms with Crippen LogP contribution in [0.15, 0.2) is 12.1 Å². The van der Waals surface area contributed by atoms with E-state index in [1.807, 2.05) is 0 Å². The number of benzene rings is 1. The highest BCUT2D eigenvalue weighted by atomic mass is 16.6. The number of ether oxygens (including phenoxy) is 3. The molecule has 0 unspecified atom stereocenters. The Hall–Kier alpha value is -2.31. The molecule has 0 amide bonds. The summed E-state index contributed by atoms with van der Waals surface area (Å²) in [6.07, 6.45) is 4.57. The van der Waals surface area contributed by atoms with Gasteiger partial charge in [0.05, 0.1) is 24.7 Å². The van der Waals surface area contributed by atoms with Crippen molar-refractivity contribution in [3.05, 3.63) is 27.8 Å². The number of rotatable bonds is 6. The number of nitro groups is 1. The summed E-state index contributed by atoms with van der Waals surface area (Å²) in [5.74, 6) is -0.186. The van der Waals surface area contributed by atoms with Crippen LogP contribution in [0.2, 0.25) is 0 Å². The van der Waals surface area contributed by atoms with Crippen molar-refractivity contribution >= 4 is 11.7 Å². The topological polar surface area (TPSA) is 87.9 Å². The van der Waals surface area contributed by atoms with Crippen LogP contribution in [0.25, 0.3) is 0 Å². The third kappa shape index (κ3) is 4.12. The Morgan fingerprint density at radius 2 is 1.96 bits per heavy atom. The molecular weight excluding hydrogens is 302 g/mol. The lowest BCUT2D eigenvalue weighted by Gasteiger charge is -2.22. The number of nitrogens with zero attached hydrogens (tertiary/aromatic N) is 1. The Bertz CT molecular complexity index is 580. The fourth-order valence-electron chi connectivity index (χ4n) is 2.69. The number of hydrogen-bond acceptors (Lipinski definition) is 6. The normalized spacial score (nSPS) is 15.0. The molecule has 7 heteroatoms. The Morgan fingerprint density at radius 3 is 2.52 bits per heavy atom. The van der Waals surface area contributed by atoms with Crippen molar-refractivity contribution in [2.24, 2.45) is 0 Å². The lowest BCUT2D eigenvalue weighted by molar-refractivity contribution is -0.385. The Morgan fingerprint density at radius 1 is 1.26 bits per heavy atom. The highest BCUT2D eigenvalue weighted by Gasteiger charge is 2.28. The minimum Gasteiger partial charge on any atom is -0.493 e. The number of hydrogen-bond donors (Lipinski definition) is 0. The molecule has 0 atom stereocenters. The largest absolute Gasteiger partial charge is 0.493 e. The molecule has 0 aliphatic heterocycles. The lowest BCUT2D eigenvalue weighted by atomic mass is 9.98. The maximum atomic E-state index is 12.4. The van der Waals surface area contributed by atoms with Gasteiger partial charge in [-0.05, 0) is 32.6 Å². The van der Waals surface area contributed by atoms with Crippen molar-refractivity contribution in [1.82, 2.24) is 0 Å². The van der Waals surface area contributed by atoms with Crippen molar-refractivity contribution in [3.63, 3.8) is 0 Å². The second kappa shape index (κ2) is 7.80. The van der Waals surface area contributed by atoms with Gasteiger partial charge in [-0.25, -0.2) is 4.79 Å². The summed E-state index contributed by atoms with van der Waals surface area (Å²) < 4.78 is 15.9. The average molecular weight is 323 g/mol. The molecule has 1 aromatic rings. The maximum Gasteiger partial charge on any atom is 0.345 e. The highest BCUT2D eigenvalue weighted by Crippen LogP contribution is 2.35. The van der Waals surface area contributed by atoms with E-state index < -0.39 is 10.9 Å². The van der Waals surface area contributed by atoms with Gasteiger partial charge in [0, 0.05) is 6.07 Å². The number of esters is 1. The molecule has 126 valence electrons. The SMILES string of the molecule is CCOc1cc([N+](=O)[O-])c(C(=O)OC2CCCCC2)cc1OC. The molecule has 1 fully saturated rings. The molecular formula is C16H21NO6. The Labute approximate surface area is 134 Å². The lowest BCUT2D eigenvalue weighted by Crippen LogP contribution is -2.21. The molecule has 0 radical (unpaired) electrons. The van der Waals surface area contributed by atoms with Crippen LogP contribution in [0.5, 0.6) is 11.5 Å². The summed E-state index contributed by atoms with van der Waals surface area (Å²) in [7, 11) is 1.42. The summed E-state index contributed by atoms with van der Waals surface area (Å²) in [5.41, 5.74) is -0.448. The van der Waals surface area contributed by atoms with E-state index in [0.717, 1.165) is 32.1 Å². The summed E-state index contributed by atoms with van der Waals surface area (Å²) in [4.78, 5) is 23.0. The van der Waals surface area contributed by atoms with Gasteiger partial charge in [-0.1, -0.05) is 6.42 Å². The first-order chi connectivity index (χ1) is 11.1. The zero-order chi connectivity index (χ0) is 16.8. The second-order valence-corrected chi connectivity index (χ2v) is 5.38. The van der Waals surface area contributed by atoms with Crippen LogP contribution in [0, 0.1) is 10.1 Å². The number of nitro benzene ring substituents is 1. The fraction of sp³-hybridized carbons (Fsp3) is 0.562. The molecule has 2 rings (SSSR count). The van der Waals surface area contributed by atoms with E-state index in [9.17, 15) is 14.9 Å². The van der Waals surface area contributed by atoms with Crippen LogP contribution in [0.4, 0.5) is 5.69 Å². The number of carbonyl (C=O) groups excluding carboxylic acids is 1. The molecule has 1 aliphatic carbocycles. The minimum atomic E-state index is -0.690. The van der Waals surface area contributed by atoms with Gasteiger partial charge in [-0.15, -0.1) is 0 Å². The van der Waals surface area contributed by atoms with E-state index in [0.29, 0.717) is 6.61 Å². The monoisotopic (exact) mass is 323 g/mol. The second-order valence-electron chi connectivity index (χ2n) is 5.38. The number of carbonyl (C=O) groups is 1. The maximum absolute atomic E-state index is 12.4. The van der Waals surface area contributed by atoms with E-state index in [-0.39, 0.29) is 28.9 Å². The Balaban J connectivity index is 2.30. The molecule has 0 saturated heterocycles. The summed E-state index contributed by atoms with van der Waals surface area (Å²) in [6, 6.07) is 2.52. The molecule has 0 bridgehead atoms. The minimum absolute atomic E-state index is 0.110. The van der Waals surface area contributed by atoms with Gasteiger partial charge in [0.15, 0.2) is 11.5 Å². The van der Waals surface area contributed by atoms with Crippen molar-refractivity contribution < 1.29 is 23.9 Å². The molecule has 1 aliphatic rings. The quantitative estimate of drug-likeness (QED) is 0.452. The molecule has 0 N–H and O–H groups in total. The predicted molar refractivity (Wildman–Crippen MR) is 83.1 cm³/mol. The zero-order valence-corrected chi connectivity index (χ0v) is 13.4. The van der Waals surface area contributed by atoms with Gasteiger partial charge in [-0.2, -0.15) is 0 Å². The van der Waals surface area contributed by atoms with Crippen LogP contribution >= 0.6 is 0 Å².